The van der Waals surface area contributed by atoms with Gasteiger partial charge in [-0.15, -0.1) is 0 Å². The van der Waals surface area contributed by atoms with Crippen LogP contribution in [0.4, 0.5) is 0 Å². The van der Waals surface area contributed by atoms with Gasteiger partial charge in [0.2, 0.25) is 0 Å². The highest BCUT2D eigenvalue weighted by molar-refractivity contribution is 6.32. The van der Waals surface area contributed by atoms with Crippen LogP contribution in [0.1, 0.15) is 13.7 Å². The molecule has 150 heavy (non-hydrogen) atoms. The molecule has 4 heteroatoms. The highest BCUT2D eigenvalue weighted by Crippen LogP contribution is 2.55. The largest absolute Gasteiger partial charge is 0.456 e. The summed E-state index contributed by atoms with van der Waals surface area (Å²) in [5.41, 5.74) is 28.9. The van der Waals surface area contributed by atoms with Crippen molar-refractivity contribution in [2.24, 2.45) is 0 Å². The molecule has 31 rings (SSSR count). The third-order valence-corrected chi connectivity index (χ3v) is 29.6. The number of para-hydroxylation sites is 4. The van der Waals surface area contributed by atoms with Crippen molar-refractivity contribution in [2.45, 2.75) is 0 Å². The van der Waals surface area contributed by atoms with Crippen molar-refractivity contribution in [3.63, 3.8) is 0 Å². The van der Waals surface area contributed by atoms with E-state index in [4.69, 9.17) is 31.4 Å². The quantitative estimate of drug-likeness (QED) is 0.121. The second kappa shape index (κ2) is 37.4. The summed E-state index contributed by atoms with van der Waals surface area (Å²) in [5.74, 6) is 0. The lowest BCUT2D eigenvalue weighted by Crippen LogP contribution is -1.92. The molecule has 700 valence electrons. The normalized spacial score (nSPS) is 12.5. The Morgan fingerprint density at radius 2 is 0.340 bits per heavy atom. The molecule has 0 saturated heterocycles. The fourth-order valence-corrected chi connectivity index (χ4v) is 23.4. The number of rotatable bonds is 11. The number of hydrogen-bond acceptors (Lipinski definition) is 4. The summed E-state index contributed by atoms with van der Waals surface area (Å²) >= 11 is 0. The summed E-state index contributed by atoms with van der Waals surface area (Å²) in [6.45, 7) is 0. The Bertz CT molecular complexity index is 11100. The first-order chi connectivity index (χ1) is 78.7. The Labute approximate surface area is 879 Å². The van der Waals surface area contributed by atoms with Gasteiger partial charge in [0.1, 0.15) is 44.7 Å². The molecule has 0 atom stereocenters. The van der Waals surface area contributed by atoms with E-state index in [0.29, 0.717) is 11.1 Å². The number of benzene rings is 27. The van der Waals surface area contributed by atoms with Crippen molar-refractivity contribution in [3.8, 4) is 122 Å². The summed E-state index contributed by atoms with van der Waals surface area (Å²) < 4.78 is 111. The lowest BCUT2D eigenvalue weighted by Gasteiger charge is -2.19. The van der Waals surface area contributed by atoms with Crippen LogP contribution in [-0.4, -0.2) is 0 Å². The van der Waals surface area contributed by atoms with Gasteiger partial charge in [0.25, 0.3) is 0 Å². The summed E-state index contributed by atoms with van der Waals surface area (Å²) in [5, 5.41) is 25.7. The van der Waals surface area contributed by atoms with Crippen LogP contribution in [0.5, 0.6) is 0 Å². The molecule has 27 aromatic carbocycles. The van der Waals surface area contributed by atoms with Crippen molar-refractivity contribution in [2.75, 3.05) is 0 Å². The fraction of sp³-hybridized carbons (Fsp3) is 0. The van der Waals surface area contributed by atoms with Crippen molar-refractivity contribution >= 4 is 174 Å². The van der Waals surface area contributed by atoms with Crippen molar-refractivity contribution in [1.29, 1.82) is 0 Å². The monoisotopic (exact) mass is 1920 g/mol. The maximum absolute atomic E-state index is 8.86. The smallest absolute Gasteiger partial charge is 0.143 e. The van der Waals surface area contributed by atoms with Gasteiger partial charge in [-0.1, -0.05) is 503 Å². The van der Waals surface area contributed by atoms with Crippen LogP contribution in [-0.2, 0) is 0 Å². The molecule has 4 nitrogen and oxygen atoms in total. The van der Waals surface area contributed by atoms with Crippen molar-refractivity contribution in [1.82, 2.24) is 0 Å². The van der Waals surface area contributed by atoms with Gasteiger partial charge in [-0.3, -0.25) is 0 Å². The van der Waals surface area contributed by atoms with Gasteiger partial charge in [-0.25, -0.2) is 0 Å². The standard InChI is InChI=1S/3C38H24O.C32H20O/c1-3-13-25(14-4-1)27-23-33(38-32-21-11-12-22-34(32)39-35(38)24-27)37-30-19-9-7-17-28(30)36(26-15-5-2-6-16-26)29-18-8-10-20-31(29)37;2*1-3-13-25(14-4-1)27-23-24-33(37-32-21-11-12-22-34(32)39-38(27)37)36-30-19-9-7-17-28(30)35(26-15-5-2-6-16-26)29-18-8-10-20-31(29)36;1-2-11-21(12-3-1)30-22-13-4-6-15-24(22)31(25-16-7-5-14-23(25)30)27-18-10-20-29-32(27)26-17-8-9-19-28(26)33-29/h3*1-24H;1-20H/i2*2D,5D,6D,15D,16D;;. The maximum atomic E-state index is 8.86. The van der Waals surface area contributed by atoms with Gasteiger partial charge in [0.05, 0.1) is 13.7 Å². The molecule has 0 spiro atoms. The number of fused-ring (bicyclic) bond motifs is 20. The molecule has 0 radical (unpaired) electrons. The number of furan rings is 4. The fourth-order valence-electron chi connectivity index (χ4n) is 23.4. The third kappa shape index (κ3) is 15.0. The first kappa shape index (κ1) is 77.8. The zero-order valence-electron chi connectivity index (χ0n) is 91.0. The third-order valence-electron chi connectivity index (χ3n) is 29.6. The summed E-state index contributed by atoms with van der Waals surface area (Å²) in [7, 11) is 0. The zero-order chi connectivity index (χ0) is 108. The SMILES string of the molecule is [2H]c1c([2H])c([2H])c(-c2c3ccccc3c(-c3cc(-c4ccccc4)cc4oc5ccccc5c34)c3ccccc23)c([2H])c1[2H].[2H]c1c([2H])c([2H])c(-c2c3ccccc3c(-c3ccc(-c4ccccc4)c4oc5ccccc5c34)c3ccccc23)c([2H])c1[2H].c1ccc(-c2c3ccccc3c(-c3ccc(-c4ccccc4)c4oc5ccccc5c34)c3ccccc23)cc1.c1ccc(-c2c3ccccc3c(-c3cccc4oc5ccccc5c34)c3ccccc23)cc1. The molecule has 4 aromatic heterocycles. The molecule has 0 saturated carbocycles. The minimum atomic E-state index is -0.402. The average molecular weight is 1920 g/mol. The predicted molar refractivity (Wildman–Crippen MR) is 635 cm³/mol. The van der Waals surface area contributed by atoms with E-state index in [-0.39, 0.29) is 59.5 Å². The molecular weight excluding hydrogens is 1820 g/mol. The van der Waals surface area contributed by atoms with Crippen molar-refractivity contribution < 1.29 is 31.4 Å². The molecule has 0 aliphatic heterocycles. The second-order valence-corrected chi connectivity index (χ2v) is 37.9. The van der Waals surface area contributed by atoms with E-state index in [2.05, 4.69) is 334 Å². The Hall–Kier alpha value is -19.8. The maximum Gasteiger partial charge on any atom is 0.143 e. The molecule has 31 aromatic rings. The van der Waals surface area contributed by atoms with E-state index >= 15 is 0 Å². The Kier molecular flexibility index (Phi) is 19.4. The summed E-state index contributed by atoms with van der Waals surface area (Å²) in [4.78, 5) is 0. The first-order valence-corrected chi connectivity index (χ1v) is 50.6. The Balaban J connectivity index is 0.000000101. The van der Waals surface area contributed by atoms with Crippen LogP contribution in [0.3, 0.4) is 0 Å². The molecule has 0 aliphatic rings. The van der Waals surface area contributed by atoms with E-state index in [9.17, 15) is 0 Å². The van der Waals surface area contributed by atoms with E-state index < -0.39 is 12.1 Å². The van der Waals surface area contributed by atoms with Crippen LogP contribution in [0.25, 0.3) is 296 Å². The van der Waals surface area contributed by atoms with Gasteiger partial charge in [0, 0.05) is 54.2 Å². The van der Waals surface area contributed by atoms with E-state index in [0.717, 1.165) is 181 Å². The van der Waals surface area contributed by atoms with Gasteiger partial charge in [0.15, 0.2) is 0 Å². The molecular formula is C146H92O4. The minimum absolute atomic E-state index is 0.201. The van der Waals surface area contributed by atoms with Gasteiger partial charge < -0.3 is 17.7 Å². The first-order valence-electron chi connectivity index (χ1n) is 55.6. The van der Waals surface area contributed by atoms with E-state index in [1.54, 1.807) is 0 Å². The minimum Gasteiger partial charge on any atom is -0.456 e. The molecule has 0 fully saturated rings. The van der Waals surface area contributed by atoms with Gasteiger partial charge in [-0.2, -0.15) is 0 Å². The van der Waals surface area contributed by atoms with E-state index in [1.165, 1.54) is 93.0 Å². The van der Waals surface area contributed by atoms with Gasteiger partial charge >= 0.3 is 0 Å². The highest BCUT2D eigenvalue weighted by Gasteiger charge is 2.29. The lowest BCUT2D eigenvalue weighted by atomic mass is 9.84. The molecule has 0 aliphatic carbocycles. The molecule has 0 bridgehead atoms. The van der Waals surface area contributed by atoms with Crippen LogP contribution in [0.15, 0.2) is 576 Å². The summed E-state index contributed by atoms with van der Waals surface area (Å²) in [6.07, 6.45) is 0. The van der Waals surface area contributed by atoms with Crippen molar-refractivity contribution in [3.05, 3.63) is 558 Å². The molecule has 0 N–H and O–H groups in total. The van der Waals surface area contributed by atoms with E-state index in [1.807, 2.05) is 164 Å². The lowest BCUT2D eigenvalue weighted by molar-refractivity contribution is 0.668. The Morgan fingerprint density at radius 1 is 0.120 bits per heavy atom. The predicted octanol–water partition coefficient (Wildman–Crippen LogP) is 41.9. The summed E-state index contributed by atoms with van der Waals surface area (Å²) in [6, 6.07) is 169. The number of hydrogen-bond donors (Lipinski definition) is 0. The van der Waals surface area contributed by atoms with Crippen LogP contribution in [0.2, 0.25) is 0 Å². The second-order valence-electron chi connectivity index (χ2n) is 37.9. The molecule has 0 amide bonds. The molecule has 0 unspecified atom stereocenters. The topological polar surface area (TPSA) is 52.6 Å². The van der Waals surface area contributed by atoms with Gasteiger partial charge in [-0.05, 0) is 252 Å². The Morgan fingerprint density at radius 3 is 0.660 bits per heavy atom. The average Bonchev–Trinajstić information content (AvgIpc) is 1.35. The van der Waals surface area contributed by atoms with Crippen LogP contribution in [0, 0.1) is 0 Å². The van der Waals surface area contributed by atoms with Crippen LogP contribution >= 0.6 is 0 Å². The molecule has 4 heterocycles. The zero-order valence-corrected chi connectivity index (χ0v) is 81.0. The highest BCUT2D eigenvalue weighted by atomic mass is 16.3. The van der Waals surface area contributed by atoms with Crippen LogP contribution < -0.4 is 0 Å².